The Labute approximate surface area is 117 Å². The molecule has 3 rings (SSSR count). The predicted molar refractivity (Wildman–Crippen MR) is 75.3 cm³/mol. The highest BCUT2D eigenvalue weighted by atomic mass is 19.1. The average Bonchev–Trinajstić information content (AvgIpc) is 2.42. The van der Waals surface area contributed by atoms with Crippen LogP contribution in [0.5, 0.6) is 5.75 Å². The van der Waals surface area contributed by atoms with Gasteiger partial charge in [0.1, 0.15) is 17.7 Å². The van der Waals surface area contributed by atoms with Crippen LogP contribution in [0.4, 0.5) is 4.39 Å². The highest BCUT2D eigenvalue weighted by molar-refractivity contribution is 5.41. The van der Waals surface area contributed by atoms with Gasteiger partial charge in [0.05, 0.1) is 6.10 Å². The van der Waals surface area contributed by atoms with Crippen LogP contribution < -0.4 is 4.74 Å². The van der Waals surface area contributed by atoms with Gasteiger partial charge in [0.2, 0.25) is 0 Å². The molecule has 2 atom stereocenters. The van der Waals surface area contributed by atoms with Crippen molar-refractivity contribution < 1.29 is 14.2 Å². The molecule has 0 bridgehead atoms. The maximum Gasteiger partial charge on any atom is 0.127 e. The van der Waals surface area contributed by atoms with Gasteiger partial charge in [0.25, 0.3) is 0 Å². The van der Waals surface area contributed by atoms with Crippen LogP contribution in [0.2, 0.25) is 0 Å². The average molecular weight is 272 g/mol. The van der Waals surface area contributed by atoms with Crippen LogP contribution in [0.3, 0.4) is 0 Å². The minimum Gasteiger partial charge on any atom is -0.485 e. The third kappa shape index (κ3) is 2.29. The van der Waals surface area contributed by atoms with Crippen LogP contribution in [-0.4, -0.2) is 5.11 Å². The van der Waals surface area contributed by atoms with Crippen LogP contribution in [0, 0.1) is 19.7 Å². The van der Waals surface area contributed by atoms with Crippen LogP contribution in [0.15, 0.2) is 36.4 Å². The first-order valence-electron chi connectivity index (χ1n) is 6.76. The van der Waals surface area contributed by atoms with E-state index in [1.165, 1.54) is 6.07 Å². The Morgan fingerprint density at radius 3 is 2.70 bits per heavy atom. The smallest absolute Gasteiger partial charge is 0.127 e. The maximum atomic E-state index is 13.7. The summed E-state index contributed by atoms with van der Waals surface area (Å²) in [6.45, 7) is 3.71. The van der Waals surface area contributed by atoms with E-state index in [-0.39, 0.29) is 11.9 Å². The van der Waals surface area contributed by atoms with Crippen molar-refractivity contribution in [3.8, 4) is 5.75 Å². The number of halogens is 1. The molecule has 2 nitrogen and oxygen atoms in total. The van der Waals surface area contributed by atoms with Gasteiger partial charge in [-0.2, -0.15) is 0 Å². The first-order valence-corrected chi connectivity index (χ1v) is 6.76. The van der Waals surface area contributed by atoms with Gasteiger partial charge < -0.3 is 9.84 Å². The van der Waals surface area contributed by atoms with Crippen molar-refractivity contribution in [1.82, 2.24) is 0 Å². The van der Waals surface area contributed by atoms with Crippen molar-refractivity contribution in [3.63, 3.8) is 0 Å². The fourth-order valence-corrected chi connectivity index (χ4v) is 2.58. The Morgan fingerprint density at radius 1 is 1.15 bits per heavy atom. The number of hydrogen-bond acceptors (Lipinski definition) is 2. The molecule has 104 valence electrons. The Morgan fingerprint density at radius 2 is 1.95 bits per heavy atom. The number of aryl methyl sites for hydroxylation is 2. The van der Waals surface area contributed by atoms with Crippen molar-refractivity contribution in [2.24, 2.45) is 0 Å². The standard InChI is InChI=1S/C17H17FO2/c1-10-3-6-16-13(7-10)15(19)9-17(20-16)12-5-4-11(2)14(18)8-12/h3-8,15,17,19H,9H2,1-2H3/t15-,17?/m1/s1. The van der Waals surface area contributed by atoms with E-state index in [1.54, 1.807) is 13.0 Å². The molecule has 0 fully saturated rings. The second-order valence-electron chi connectivity index (χ2n) is 5.41. The van der Waals surface area contributed by atoms with Gasteiger partial charge in [0, 0.05) is 12.0 Å². The summed E-state index contributed by atoms with van der Waals surface area (Å²) >= 11 is 0. The molecule has 1 aliphatic rings. The lowest BCUT2D eigenvalue weighted by molar-refractivity contribution is 0.0655. The van der Waals surface area contributed by atoms with Crippen LogP contribution in [0.25, 0.3) is 0 Å². The molecule has 2 aromatic carbocycles. The predicted octanol–water partition coefficient (Wildman–Crippen LogP) is 4.00. The second kappa shape index (κ2) is 4.91. The van der Waals surface area contributed by atoms with E-state index >= 15 is 0 Å². The van der Waals surface area contributed by atoms with E-state index in [0.717, 1.165) is 16.7 Å². The molecule has 1 heterocycles. The number of aliphatic hydroxyl groups is 1. The molecule has 2 aromatic rings. The van der Waals surface area contributed by atoms with Gasteiger partial charge in [0.15, 0.2) is 0 Å². The van der Waals surface area contributed by atoms with E-state index in [0.29, 0.717) is 17.7 Å². The molecule has 0 radical (unpaired) electrons. The summed E-state index contributed by atoms with van der Waals surface area (Å²) < 4.78 is 19.6. The number of fused-ring (bicyclic) bond motifs is 1. The third-order valence-corrected chi connectivity index (χ3v) is 3.80. The van der Waals surface area contributed by atoms with Crippen LogP contribution in [-0.2, 0) is 0 Å². The molecular weight excluding hydrogens is 255 g/mol. The van der Waals surface area contributed by atoms with Gasteiger partial charge in [-0.05, 0) is 43.2 Å². The Kier molecular flexibility index (Phi) is 3.22. The molecular formula is C17H17FO2. The number of rotatable bonds is 1. The van der Waals surface area contributed by atoms with Crippen LogP contribution >= 0.6 is 0 Å². The van der Waals surface area contributed by atoms with Gasteiger partial charge >= 0.3 is 0 Å². The van der Waals surface area contributed by atoms with E-state index in [4.69, 9.17) is 4.74 Å². The number of aliphatic hydroxyl groups excluding tert-OH is 1. The molecule has 0 amide bonds. The summed E-state index contributed by atoms with van der Waals surface area (Å²) in [5, 5.41) is 10.3. The van der Waals surface area contributed by atoms with Crippen LogP contribution in [0.1, 0.15) is 40.9 Å². The molecule has 20 heavy (non-hydrogen) atoms. The SMILES string of the molecule is Cc1ccc2c(c1)[C@H](O)CC(c1ccc(C)c(F)c1)O2. The molecule has 0 aromatic heterocycles. The summed E-state index contributed by atoms with van der Waals surface area (Å²) in [7, 11) is 0. The van der Waals surface area contributed by atoms with E-state index in [2.05, 4.69) is 0 Å². The highest BCUT2D eigenvalue weighted by Gasteiger charge is 2.28. The molecule has 0 saturated carbocycles. The first kappa shape index (κ1) is 13.1. The van der Waals surface area contributed by atoms with Gasteiger partial charge in [-0.3, -0.25) is 0 Å². The maximum absolute atomic E-state index is 13.7. The molecule has 0 spiro atoms. The van der Waals surface area contributed by atoms with E-state index in [9.17, 15) is 9.50 Å². The van der Waals surface area contributed by atoms with Crippen molar-refractivity contribution in [3.05, 3.63) is 64.5 Å². The summed E-state index contributed by atoms with van der Waals surface area (Å²) in [5.41, 5.74) is 3.28. The first-order chi connectivity index (χ1) is 9.54. The molecule has 0 aliphatic carbocycles. The summed E-state index contributed by atoms with van der Waals surface area (Å²) in [6.07, 6.45) is -0.442. The highest BCUT2D eigenvalue weighted by Crippen LogP contribution is 2.41. The Bertz CT molecular complexity index is 651. The normalized spacial score (nSPS) is 21.2. The quantitative estimate of drug-likeness (QED) is 0.850. The van der Waals surface area contributed by atoms with Crippen molar-refractivity contribution in [2.75, 3.05) is 0 Å². The zero-order valence-corrected chi connectivity index (χ0v) is 11.6. The minimum atomic E-state index is -0.576. The van der Waals surface area contributed by atoms with Crippen molar-refractivity contribution in [1.29, 1.82) is 0 Å². The molecule has 1 unspecified atom stereocenters. The third-order valence-electron chi connectivity index (χ3n) is 3.80. The zero-order chi connectivity index (χ0) is 14.3. The topological polar surface area (TPSA) is 29.5 Å². The molecule has 0 saturated heterocycles. The zero-order valence-electron chi connectivity index (χ0n) is 11.6. The number of benzene rings is 2. The summed E-state index contributed by atoms with van der Waals surface area (Å²) in [6, 6.07) is 10.8. The molecule has 3 heteroatoms. The fraction of sp³-hybridized carbons (Fsp3) is 0.294. The second-order valence-corrected chi connectivity index (χ2v) is 5.41. The minimum absolute atomic E-state index is 0.240. The molecule has 1 aliphatic heterocycles. The number of hydrogen-bond donors (Lipinski definition) is 1. The van der Waals surface area contributed by atoms with E-state index in [1.807, 2.05) is 31.2 Å². The van der Waals surface area contributed by atoms with Gasteiger partial charge in [-0.1, -0.05) is 23.8 Å². The Balaban J connectivity index is 1.94. The largest absolute Gasteiger partial charge is 0.485 e. The van der Waals surface area contributed by atoms with Gasteiger partial charge in [-0.15, -0.1) is 0 Å². The van der Waals surface area contributed by atoms with E-state index < -0.39 is 6.10 Å². The number of ether oxygens (including phenoxy) is 1. The van der Waals surface area contributed by atoms with Crippen molar-refractivity contribution >= 4 is 0 Å². The fourth-order valence-electron chi connectivity index (χ4n) is 2.58. The molecule has 1 N–H and O–H groups in total. The lowest BCUT2D eigenvalue weighted by Gasteiger charge is -2.30. The monoisotopic (exact) mass is 272 g/mol. The van der Waals surface area contributed by atoms with Crippen molar-refractivity contribution in [2.45, 2.75) is 32.5 Å². The Hall–Kier alpha value is -1.87. The summed E-state index contributed by atoms with van der Waals surface area (Å²) in [4.78, 5) is 0. The summed E-state index contributed by atoms with van der Waals surface area (Å²) in [5.74, 6) is 0.440. The lowest BCUT2D eigenvalue weighted by atomic mass is 9.93. The van der Waals surface area contributed by atoms with Gasteiger partial charge in [-0.25, -0.2) is 4.39 Å². The lowest BCUT2D eigenvalue weighted by Crippen LogP contribution is -2.19.